The first-order valence-corrected chi connectivity index (χ1v) is 5.81. The number of methoxy groups -OCH3 is 1. The molecule has 0 radical (unpaired) electrons. The summed E-state index contributed by atoms with van der Waals surface area (Å²) >= 11 is 0. The molecule has 0 aliphatic carbocycles. The molecule has 0 N–H and O–H groups in total. The topological polar surface area (TPSA) is 66.9 Å². The molecule has 0 aromatic heterocycles. The Morgan fingerprint density at radius 2 is 1.71 bits per heavy atom. The highest BCUT2D eigenvalue weighted by Gasteiger charge is 2.37. The van der Waals surface area contributed by atoms with Crippen LogP contribution in [0.3, 0.4) is 0 Å². The van der Waals surface area contributed by atoms with Crippen molar-refractivity contribution in [3.63, 3.8) is 0 Å². The summed E-state index contributed by atoms with van der Waals surface area (Å²) in [5, 5.41) is 0. The fourth-order valence-corrected chi connectivity index (χ4v) is 2.44. The third-order valence-electron chi connectivity index (χ3n) is 3.35. The normalized spacial score (nSPS) is 22.2. The molecule has 2 aliphatic rings. The molecule has 0 spiro atoms. The minimum absolute atomic E-state index is 0.0431. The second-order valence-electron chi connectivity index (χ2n) is 4.35. The summed E-state index contributed by atoms with van der Waals surface area (Å²) < 4.78 is 4.63. The summed E-state index contributed by atoms with van der Waals surface area (Å²) in [7, 11) is 1.35. The van der Waals surface area contributed by atoms with Crippen LogP contribution in [0.2, 0.25) is 0 Å². The van der Waals surface area contributed by atoms with E-state index < -0.39 is 0 Å². The minimum Gasteiger partial charge on any atom is -0.453 e. The second-order valence-corrected chi connectivity index (χ2v) is 4.35. The van der Waals surface area contributed by atoms with E-state index in [1.54, 1.807) is 4.90 Å². The van der Waals surface area contributed by atoms with E-state index in [0.717, 1.165) is 0 Å². The quantitative estimate of drug-likeness (QED) is 0.621. The Balaban J connectivity index is 1.93. The number of nitrogens with zero attached hydrogens (tertiary/aromatic N) is 2. The van der Waals surface area contributed by atoms with Gasteiger partial charge in [-0.05, 0) is 12.8 Å². The summed E-state index contributed by atoms with van der Waals surface area (Å²) in [6.07, 6.45) is 1.60. The van der Waals surface area contributed by atoms with Crippen LogP contribution in [0.25, 0.3) is 0 Å². The number of likely N-dealkylation sites (tertiary alicyclic amines) is 2. The van der Waals surface area contributed by atoms with Crippen molar-refractivity contribution in [2.24, 2.45) is 0 Å². The van der Waals surface area contributed by atoms with E-state index in [9.17, 15) is 14.4 Å². The van der Waals surface area contributed by atoms with Gasteiger partial charge in [0.2, 0.25) is 11.8 Å². The van der Waals surface area contributed by atoms with Crippen LogP contribution in [0, 0.1) is 0 Å². The largest absolute Gasteiger partial charge is 0.453 e. The average molecular weight is 240 g/mol. The number of imide groups is 1. The highest BCUT2D eigenvalue weighted by atomic mass is 16.5. The Morgan fingerprint density at radius 1 is 1.18 bits per heavy atom. The summed E-state index contributed by atoms with van der Waals surface area (Å²) in [5.74, 6) is -0.155. The Kier molecular flexibility index (Phi) is 3.31. The molecular weight excluding hydrogens is 224 g/mol. The fourth-order valence-electron chi connectivity index (χ4n) is 2.44. The Hall–Kier alpha value is -1.59. The SMILES string of the molecule is COC(=O)N1CCC(N2C(=O)CCC2=O)CC1. The third kappa shape index (κ3) is 2.25. The van der Waals surface area contributed by atoms with Crippen LogP contribution in [-0.4, -0.2) is 53.9 Å². The van der Waals surface area contributed by atoms with Crippen molar-refractivity contribution in [3.8, 4) is 0 Å². The lowest BCUT2D eigenvalue weighted by Crippen LogP contribution is -2.48. The zero-order valence-electron chi connectivity index (χ0n) is 9.85. The lowest BCUT2D eigenvalue weighted by Gasteiger charge is -2.34. The van der Waals surface area contributed by atoms with Crippen LogP contribution in [0.1, 0.15) is 25.7 Å². The number of amides is 3. The Labute approximate surface area is 99.5 Å². The van der Waals surface area contributed by atoms with Gasteiger partial charge < -0.3 is 9.64 Å². The van der Waals surface area contributed by atoms with Gasteiger partial charge in [-0.15, -0.1) is 0 Å². The molecule has 0 aromatic rings. The molecule has 6 heteroatoms. The summed E-state index contributed by atoms with van der Waals surface area (Å²) in [6, 6.07) is -0.0431. The van der Waals surface area contributed by atoms with Gasteiger partial charge in [-0.2, -0.15) is 0 Å². The standard InChI is InChI=1S/C11H16N2O4/c1-17-11(16)12-6-4-8(5-7-12)13-9(14)2-3-10(13)15/h8H,2-7H2,1H3. The Bertz CT molecular complexity index is 331. The van der Waals surface area contributed by atoms with E-state index in [1.165, 1.54) is 12.0 Å². The Morgan fingerprint density at radius 3 is 2.18 bits per heavy atom. The van der Waals surface area contributed by atoms with Gasteiger partial charge in [-0.1, -0.05) is 0 Å². The molecule has 94 valence electrons. The van der Waals surface area contributed by atoms with Crippen molar-refractivity contribution in [1.29, 1.82) is 0 Å². The molecule has 0 bridgehead atoms. The predicted molar refractivity (Wildman–Crippen MR) is 58.1 cm³/mol. The number of carbonyl (C=O) groups is 3. The third-order valence-corrected chi connectivity index (χ3v) is 3.35. The van der Waals surface area contributed by atoms with Crippen LogP contribution in [-0.2, 0) is 14.3 Å². The van der Waals surface area contributed by atoms with E-state index in [-0.39, 0.29) is 23.9 Å². The number of rotatable bonds is 1. The molecule has 6 nitrogen and oxygen atoms in total. The number of piperidine rings is 1. The smallest absolute Gasteiger partial charge is 0.409 e. The molecule has 0 unspecified atom stereocenters. The zero-order valence-corrected chi connectivity index (χ0v) is 9.85. The minimum atomic E-state index is -0.345. The number of hydrogen-bond acceptors (Lipinski definition) is 4. The maximum absolute atomic E-state index is 11.6. The fraction of sp³-hybridized carbons (Fsp3) is 0.727. The monoisotopic (exact) mass is 240 g/mol. The lowest BCUT2D eigenvalue weighted by atomic mass is 10.0. The average Bonchev–Trinajstić information content (AvgIpc) is 2.68. The van der Waals surface area contributed by atoms with E-state index in [4.69, 9.17) is 0 Å². The van der Waals surface area contributed by atoms with Crippen LogP contribution in [0.5, 0.6) is 0 Å². The highest BCUT2D eigenvalue weighted by Crippen LogP contribution is 2.23. The maximum Gasteiger partial charge on any atom is 0.409 e. The summed E-state index contributed by atoms with van der Waals surface area (Å²) in [6.45, 7) is 1.07. The molecule has 2 aliphatic heterocycles. The van der Waals surface area contributed by atoms with Gasteiger partial charge in [-0.3, -0.25) is 14.5 Å². The molecule has 17 heavy (non-hydrogen) atoms. The van der Waals surface area contributed by atoms with Crippen molar-refractivity contribution in [3.05, 3.63) is 0 Å². The van der Waals surface area contributed by atoms with Gasteiger partial charge >= 0.3 is 6.09 Å². The van der Waals surface area contributed by atoms with E-state index in [2.05, 4.69) is 4.74 Å². The van der Waals surface area contributed by atoms with E-state index in [0.29, 0.717) is 38.8 Å². The zero-order chi connectivity index (χ0) is 12.4. The molecule has 2 saturated heterocycles. The maximum atomic E-state index is 11.6. The van der Waals surface area contributed by atoms with Crippen molar-refractivity contribution in [2.45, 2.75) is 31.7 Å². The number of carbonyl (C=O) groups excluding carboxylic acids is 3. The molecule has 2 fully saturated rings. The first kappa shape index (κ1) is 11.9. The lowest BCUT2D eigenvalue weighted by molar-refractivity contribution is -0.142. The van der Waals surface area contributed by atoms with Crippen molar-refractivity contribution >= 4 is 17.9 Å². The van der Waals surface area contributed by atoms with Gasteiger partial charge in [0.15, 0.2) is 0 Å². The van der Waals surface area contributed by atoms with Gasteiger partial charge in [0.25, 0.3) is 0 Å². The van der Waals surface area contributed by atoms with Crippen molar-refractivity contribution < 1.29 is 19.1 Å². The van der Waals surface area contributed by atoms with Crippen LogP contribution in [0.4, 0.5) is 4.79 Å². The molecule has 2 rings (SSSR count). The molecular formula is C11H16N2O4. The molecule has 0 aromatic carbocycles. The van der Waals surface area contributed by atoms with Gasteiger partial charge in [-0.25, -0.2) is 4.79 Å². The van der Waals surface area contributed by atoms with E-state index in [1.807, 2.05) is 0 Å². The molecule has 2 heterocycles. The number of ether oxygens (including phenoxy) is 1. The van der Waals surface area contributed by atoms with Crippen molar-refractivity contribution in [2.75, 3.05) is 20.2 Å². The van der Waals surface area contributed by atoms with Crippen LogP contribution >= 0.6 is 0 Å². The van der Waals surface area contributed by atoms with Crippen molar-refractivity contribution in [1.82, 2.24) is 9.80 Å². The van der Waals surface area contributed by atoms with Crippen LogP contribution in [0.15, 0.2) is 0 Å². The van der Waals surface area contributed by atoms with Gasteiger partial charge in [0.1, 0.15) is 0 Å². The highest BCUT2D eigenvalue weighted by molar-refractivity contribution is 6.02. The first-order chi connectivity index (χ1) is 8.13. The summed E-state index contributed by atoms with van der Waals surface area (Å²) in [4.78, 5) is 37.4. The predicted octanol–water partition coefficient (Wildman–Crippen LogP) is 0.366. The number of hydrogen-bond donors (Lipinski definition) is 0. The van der Waals surface area contributed by atoms with E-state index >= 15 is 0 Å². The summed E-state index contributed by atoms with van der Waals surface area (Å²) in [5.41, 5.74) is 0. The second kappa shape index (κ2) is 4.73. The van der Waals surface area contributed by atoms with Gasteiger partial charge in [0, 0.05) is 32.0 Å². The van der Waals surface area contributed by atoms with Gasteiger partial charge in [0.05, 0.1) is 7.11 Å². The molecule has 3 amide bonds. The molecule has 0 atom stereocenters. The van der Waals surface area contributed by atoms with Crippen LogP contribution < -0.4 is 0 Å². The first-order valence-electron chi connectivity index (χ1n) is 5.81. The molecule has 0 saturated carbocycles.